The summed E-state index contributed by atoms with van der Waals surface area (Å²) in [6.07, 6.45) is -0.203. The highest BCUT2D eigenvalue weighted by atomic mass is 16.3. The third kappa shape index (κ3) is 2.76. The van der Waals surface area contributed by atoms with E-state index < -0.39 is 0 Å². The average molecular weight is 261 g/mol. The molecule has 2 unspecified atom stereocenters. The summed E-state index contributed by atoms with van der Waals surface area (Å²) in [4.78, 5) is 4.87. The second-order valence-electron chi connectivity index (χ2n) is 5.65. The molecule has 0 radical (unpaired) electrons. The largest absolute Gasteiger partial charge is 0.390 e. The molecular formula is C15H23N3O. The third-order valence-corrected chi connectivity index (χ3v) is 4.30. The standard InChI is InChI=1S/C15H23N3O/c1-12-3-2-4-13(9-12)17-5-7-18(8-6-17)14-10-16-11-15(14)19/h2-4,9,14-16,19H,5-8,10-11H2,1H3. The molecule has 4 nitrogen and oxygen atoms in total. The first-order chi connectivity index (χ1) is 9.24. The van der Waals surface area contributed by atoms with Crippen molar-refractivity contribution in [2.45, 2.75) is 19.1 Å². The van der Waals surface area contributed by atoms with Crippen LogP contribution in [0.4, 0.5) is 5.69 Å². The molecule has 19 heavy (non-hydrogen) atoms. The molecule has 1 aromatic carbocycles. The normalized spacial score (nSPS) is 28.8. The molecule has 2 heterocycles. The van der Waals surface area contributed by atoms with Crippen molar-refractivity contribution in [3.05, 3.63) is 29.8 Å². The van der Waals surface area contributed by atoms with Gasteiger partial charge in [-0.2, -0.15) is 0 Å². The molecule has 2 aliphatic heterocycles. The maximum Gasteiger partial charge on any atom is 0.0831 e. The number of aryl methyl sites for hydroxylation is 1. The minimum absolute atomic E-state index is 0.203. The highest BCUT2D eigenvalue weighted by molar-refractivity contribution is 5.48. The maximum absolute atomic E-state index is 9.94. The first-order valence-corrected chi connectivity index (χ1v) is 7.18. The lowest BCUT2D eigenvalue weighted by molar-refractivity contribution is 0.0792. The number of nitrogens with zero attached hydrogens (tertiary/aromatic N) is 2. The van der Waals surface area contributed by atoms with E-state index in [4.69, 9.17) is 0 Å². The second kappa shape index (κ2) is 5.49. The lowest BCUT2D eigenvalue weighted by atomic mass is 10.1. The number of aliphatic hydroxyl groups is 1. The van der Waals surface area contributed by atoms with Gasteiger partial charge in [-0.3, -0.25) is 4.90 Å². The van der Waals surface area contributed by atoms with Crippen LogP contribution in [0, 0.1) is 6.92 Å². The average Bonchev–Trinajstić information content (AvgIpc) is 2.85. The summed E-state index contributed by atoms with van der Waals surface area (Å²) in [5.41, 5.74) is 2.64. The van der Waals surface area contributed by atoms with Crippen LogP contribution < -0.4 is 10.2 Å². The fourth-order valence-corrected chi connectivity index (χ4v) is 3.16. The van der Waals surface area contributed by atoms with Crippen LogP contribution >= 0.6 is 0 Å². The maximum atomic E-state index is 9.94. The SMILES string of the molecule is Cc1cccc(N2CCN(C3CNCC3O)CC2)c1. The van der Waals surface area contributed by atoms with E-state index in [1.165, 1.54) is 11.3 Å². The van der Waals surface area contributed by atoms with Crippen molar-refractivity contribution in [1.82, 2.24) is 10.2 Å². The lowest BCUT2D eigenvalue weighted by Crippen LogP contribution is -2.53. The zero-order valence-electron chi connectivity index (χ0n) is 11.5. The molecule has 0 bridgehead atoms. The van der Waals surface area contributed by atoms with Gasteiger partial charge in [0.2, 0.25) is 0 Å². The van der Waals surface area contributed by atoms with Gasteiger partial charge < -0.3 is 15.3 Å². The summed E-state index contributed by atoms with van der Waals surface area (Å²) >= 11 is 0. The van der Waals surface area contributed by atoms with Crippen molar-refractivity contribution in [3.8, 4) is 0 Å². The minimum atomic E-state index is -0.203. The number of rotatable bonds is 2. The number of anilines is 1. The van der Waals surface area contributed by atoms with Crippen molar-refractivity contribution in [3.63, 3.8) is 0 Å². The van der Waals surface area contributed by atoms with Gasteiger partial charge in [-0.1, -0.05) is 12.1 Å². The Morgan fingerprint density at radius 1 is 1.16 bits per heavy atom. The van der Waals surface area contributed by atoms with Gasteiger partial charge >= 0.3 is 0 Å². The Morgan fingerprint density at radius 3 is 2.58 bits per heavy atom. The zero-order valence-corrected chi connectivity index (χ0v) is 11.5. The van der Waals surface area contributed by atoms with Gasteiger partial charge in [-0.05, 0) is 24.6 Å². The van der Waals surface area contributed by atoms with Crippen LogP contribution in [-0.2, 0) is 0 Å². The van der Waals surface area contributed by atoms with Crippen molar-refractivity contribution in [2.75, 3.05) is 44.2 Å². The monoisotopic (exact) mass is 261 g/mol. The molecule has 1 aromatic rings. The number of aliphatic hydroxyl groups excluding tert-OH is 1. The number of hydrogen-bond donors (Lipinski definition) is 2. The second-order valence-corrected chi connectivity index (χ2v) is 5.65. The van der Waals surface area contributed by atoms with Gasteiger partial charge in [0.05, 0.1) is 6.10 Å². The first kappa shape index (κ1) is 12.9. The van der Waals surface area contributed by atoms with Crippen molar-refractivity contribution < 1.29 is 5.11 Å². The third-order valence-electron chi connectivity index (χ3n) is 4.30. The van der Waals surface area contributed by atoms with E-state index in [0.717, 1.165) is 39.3 Å². The lowest BCUT2D eigenvalue weighted by Gasteiger charge is -2.39. The number of β-amino-alcohol motifs (C(OH)–C–C–N with tert-alkyl or cyclic N) is 1. The Balaban J connectivity index is 1.60. The number of benzene rings is 1. The molecule has 2 saturated heterocycles. The van der Waals surface area contributed by atoms with Gasteiger partial charge in [0.25, 0.3) is 0 Å². The molecule has 0 amide bonds. The van der Waals surface area contributed by atoms with Crippen LogP contribution in [0.1, 0.15) is 5.56 Å². The fourth-order valence-electron chi connectivity index (χ4n) is 3.16. The van der Waals surface area contributed by atoms with Gasteiger partial charge in [-0.15, -0.1) is 0 Å². The van der Waals surface area contributed by atoms with Crippen molar-refractivity contribution >= 4 is 5.69 Å². The van der Waals surface area contributed by atoms with E-state index in [1.807, 2.05) is 0 Å². The summed E-state index contributed by atoms with van der Waals surface area (Å²) in [5.74, 6) is 0. The van der Waals surface area contributed by atoms with Gasteiger partial charge in [-0.25, -0.2) is 0 Å². The van der Waals surface area contributed by atoms with Crippen LogP contribution in [0.15, 0.2) is 24.3 Å². The molecule has 3 rings (SSSR count). The van der Waals surface area contributed by atoms with Crippen LogP contribution in [0.2, 0.25) is 0 Å². The van der Waals surface area contributed by atoms with Crippen molar-refractivity contribution in [2.24, 2.45) is 0 Å². The molecule has 104 valence electrons. The van der Waals surface area contributed by atoms with Gasteiger partial charge in [0.15, 0.2) is 0 Å². The zero-order chi connectivity index (χ0) is 13.2. The van der Waals surface area contributed by atoms with Gasteiger partial charge in [0, 0.05) is 51.0 Å². The molecule has 2 fully saturated rings. The van der Waals surface area contributed by atoms with Crippen LogP contribution in [0.5, 0.6) is 0 Å². The van der Waals surface area contributed by atoms with E-state index >= 15 is 0 Å². The summed E-state index contributed by atoms with van der Waals surface area (Å²) in [6, 6.07) is 9.01. The Bertz CT molecular complexity index is 429. The van der Waals surface area contributed by atoms with E-state index in [-0.39, 0.29) is 6.10 Å². The van der Waals surface area contributed by atoms with E-state index in [9.17, 15) is 5.11 Å². The number of hydrogen-bond acceptors (Lipinski definition) is 4. The Labute approximate surface area is 115 Å². The van der Waals surface area contributed by atoms with E-state index in [0.29, 0.717) is 6.04 Å². The molecule has 2 aliphatic rings. The van der Waals surface area contributed by atoms with Crippen LogP contribution in [-0.4, -0.2) is 61.4 Å². The Morgan fingerprint density at radius 2 is 1.95 bits per heavy atom. The summed E-state index contributed by atoms with van der Waals surface area (Å²) < 4.78 is 0. The smallest absolute Gasteiger partial charge is 0.0831 e. The Hall–Kier alpha value is -1.10. The minimum Gasteiger partial charge on any atom is -0.390 e. The molecule has 2 atom stereocenters. The van der Waals surface area contributed by atoms with Crippen molar-refractivity contribution in [1.29, 1.82) is 0 Å². The molecule has 0 saturated carbocycles. The first-order valence-electron chi connectivity index (χ1n) is 7.18. The quantitative estimate of drug-likeness (QED) is 0.811. The van der Waals surface area contributed by atoms with Crippen LogP contribution in [0.25, 0.3) is 0 Å². The predicted octanol–water partition coefficient (Wildman–Crippen LogP) is 0.450. The Kier molecular flexibility index (Phi) is 3.73. The van der Waals surface area contributed by atoms with Gasteiger partial charge in [0.1, 0.15) is 0 Å². The molecule has 4 heteroatoms. The molecule has 0 aromatic heterocycles. The predicted molar refractivity (Wildman–Crippen MR) is 77.6 cm³/mol. The highest BCUT2D eigenvalue weighted by Gasteiger charge is 2.32. The summed E-state index contributed by atoms with van der Waals surface area (Å²) in [7, 11) is 0. The number of piperazine rings is 1. The topological polar surface area (TPSA) is 38.7 Å². The molecule has 0 spiro atoms. The van der Waals surface area contributed by atoms with E-state index in [1.54, 1.807) is 0 Å². The molecule has 0 aliphatic carbocycles. The fraction of sp³-hybridized carbons (Fsp3) is 0.600. The van der Waals surface area contributed by atoms with E-state index in [2.05, 4.69) is 46.3 Å². The number of nitrogens with one attached hydrogen (secondary N) is 1. The van der Waals surface area contributed by atoms with Crippen LogP contribution in [0.3, 0.4) is 0 Å². The summed E-state index contributed by atoms with van der Waals surface area (Å²) in [6.45, 7) is 7.97. The molecule has 2 N–H and O–H groups in total. The molecular weight excluding hydrogens is 238 g/mol. The summed E-state index contributed by atoms with van der Waals surface area (Å²) in [5, 5.41) is 13.2. The highest BCUT2D eigenvalue weighted by Crippen LogP contribution is 2.19.